The van der Waals surface area contributed by atoms with Crippen LogP contribution in [0.4, 0.5) is 0 Å². The van der Waals surface area contributed by atoms with Crippen LogP contribution in [0.15, 0.2) is 30.6 Å². The molecule has 3 heterocycles. The second-order valence-electron chi connectivity index (χ2n) is 7.49. The number of methoxy groups -OCH3 is 2. The summed E-state index contributed by atoms with van der Waals surface area (Å²) in [7, 11) is 2.53. The summed E-state index contributed by atoms with van der Waals surface area (Å²) in [6.45, 7) is -0.319. The Bertz CT molecular complexity index is 1480. The Balaban J connectivity index is 1.81. The van der Waals surface area contributed by atoms with Gasteiger partial charge in [-0.15, -0.1) is 0 Å². The number of rotatable bonds is 4. The van der Waals surface area contributed by atoms with Crippen LogP contribution in [0.2, 0.25) is 0 Å². The number of hydrogen-bond acceptors (Lipinski definition) is 12. The van der Waals surface area contributed by atoms with Gasteiger partial charge in [0.25, 0.3) is 0 Å². The van der Waals surface area contributed by atoms with Crippen molar-refractivity contribution in [1.29, 1.82) is 0 Å². The molecule has 1 aliphatic rings. The van der Waals surface area contributed by atoms with Gasteiger partial charge in [0.15, 0.2) is 22.7 Å². The highest BCUT2D eigenvalue weighted by molar-refractivity contribution is 6.22. The van der Waals surface area contributed by atoms with Crippen LogP contribution in [0, 0.1) is 0 Å². The van der Waals surface area contributed by atoms with Crippen molar-refractivity contribution in [3.05, 3.63) is 33.0 Å². The predicted octanol–water partition coefficient (Wildman–Crippen LogP) is 0.0310. The fourth-order valence-electron chi connectivity index (χ4n) is 4.04. The Morgan fingerprint density at radius 1 is 0.879 bits per heavy atom. The van der Waals surface area contributed by atoms with E-state index in [4.69, 9.17) is 27.8 Å². The molecule has 0 spiro atoms. The Morgan fingerprint density at radius 3 is 2.06 bits per heavy atom. The quantitative estimate of drug-likeness (QED) is 0.237. The number of aromatic hydroxyl groups is 1. The van der Waals surface area contributed by atoms with Gasteiger partial charge in [-0.25, -0.2) is 9.59 Å². The summed E-state index contributed by atoms with van der Waals surface area (Å²) in [5.74, 6) is -0.809. The molecule has 4 aromatic rings. The van der Waals surface area contributed by atoms with Gasteiger partial charge in [-0.2, -0.15) is 0 Å². The van der Waals surface area contributed by atoms with Crippen LogP contribution in [0.25, 0.3) is 32.7 Å². The van der Waals surface area contributed by atoms with Crippen LogP contribution >= 0.6 is 0 Å². The largest absolute Gasteiger partial charge is 0.504 e. The van der Waals surface area contributed by atoms with Crippen molar-refractivity contribution in [2.75, 3.05) is 20.8 Å². The number of phenols is 1. The highest BCUT2D eigenvalue weighted by atomic mass is 16.7. The van der Waals surface area contributed by atoms with Crippen molar-refractivity contribution in [3.8, 4) is 23.0 Å². The van der Waals surface area contributed by atoms with Crippen molar-refractivity contribution < 1.29 is 48.2 Å². The molecule has 0 bridgehead atoms. The Labute approximate surface area is 183 Å². The molecule has 174 valence electrons. The molecule has 33 heavy (non-hydrogen) atoms. The van der Waals surface area contributed by atoms with Gasteiger partial charge in [-0.05, 0) is 12.1 Å². The second-order valence-corrected chi connectivity index (χ2v) is 7.49. The monoisotopic (exact) mass is 462 g/mol. The first-order valence-corrected chi connectivity index (χ1v) is 9.72. The minimum absolute atomic E-state index is 0.0524. The lowest BCUT2D eigenvalue weighted by molar-refractivity contribution is -0.242. The zero-order chi connectivity index (χ0) is 23.6. The van der Waals surface area contributed by atoms with Crippen molar-refractivity contribution in [1.82, 2.24) is 0 Å². The average molecular weight is 462 g/mol. The summed E-state index contributed by atoms with van der Waals surface area (Å²) in [6.07, 6.45) is -5.91. The molecule has 0 radical (unpaired) electrons. The molecular weight excluding hydrogens is 444 g/mol. The molecule has 12 nitrogen and oxygen atoms in total. The number of ether oxygens (including phenoxy) is 4. The summed E-state index contributed by atoms with van der Waals surface area (Å²) in [4.78, 5) is 25.6. The zero-order valence-electron chi connectivity index (χ0n) is 17.2. The van der Waals surface area contributed by atoms with Crippen LogP contribution in [-0.2, 0) is 4.74 Å². The topological polar surface area (TPSA) is 178 Å². The molecule has 0 amide bonds. The van der Waals surface area contributed by atoms with E-state index in [1.165, 1.54) is 20.3 Å². The van der Waals surface area contributed by atoms with E-state index in [1.54, 1.807) is 0 Å². The molecule has 4 atom stereocenters. The van der Waals surface area contributed by atoms with E-state index in [0.29, 0.717) is 0 Å². The van der Waals surface area contributed by atoms with Crippen LogP contribution in [-0.4, -0.2) is 65.9 Å². The van der Waals surface area contributed by atoms with E-state index < -0.39 is 41.6 Å². The smallest absolute Gasteiger partial charge is 0.344 e. The van der Waals surface area contributed by atoms with Crippen molar-refractivity contribution in [2.45, 2.75) is 24.6 Å². The number of hydrogen-bond donors (Lipinski definition) is 4. The van der Waals surface area contributed by atoms with Crippen molar-refractivity contribution in [2.24, 2.45) is 0 Å². The maximum Gasteiger partial charge on any atom is 0.344 e. The van der Waals surface area contributed by atoms with Crippen LogP contribution < -0.4 is 25.5 Å². The van der Waals surface area contributed by atoms with E-state index in [0.717, 1.165) is 6.07 Å². The number of phenolic OH excluding ortho intramolecular Hbond substituents is 1. The first-order valence-electron chi connectivity index (χ1n) is 9.72. The van der Waals surface area contributed by atoms with Gasteiger partial charge in [0.05, 0.1) is 31.6 Å². The molecule has 5 rings (SSSR count). The average Bonchev–Trinajstić information content (AvgIpc) is 2.78. The van der Waals surface area contributed by atoms with Gasteiger partial charge in [0, 0.05) is 10.8 Å². The van der Waals surface area contributed by atoms with Gasteiger partial charge in [0.2, 0.25) is 17.8 Å². The molecule has 1 saturated heterocycles. The minimum atomic E-state index is -1.63. The molecule has 0 aliphatic carbocycles. The van der Waals surface area contributed by atoms with Gasteiger partial charge in [-0.1, -0.05) is 0 Å². The SMILES string of the molecule is COc1c(O)cc2c(=O)oc3c(OC)c(O[C@@H]4OC[C@@H](O)[C@@H](O)[C@@H]4O)cc4c(=O)oc1c2c34. The van der Waals surface area contributed by atoms with E-state index in [2.05, 4.69) is 0 Å². The third-order valence-electron chi connectivity index (χ3n) is 5.60. The lowest BCUT2D eigenvalue weighted by Gasteiger charge is -2.35. The predicted molar refractivity (Wildman–Crippen MR) is 110 cm³/mol. The van der Waals surface area contributed by atoms with Gasteiger partial charge < -0.3 is 48.2 Å². The molecule has 12 heteroatoms. The first kappa shape index (κ1) is 21.3. The lowest BCUT2D eigenvalue weighted by atomic mass is 10.0. The molecule has 0 saturated carbocycles. The van der Waals surface area contributed by atoms with Crippen molar-refractivity contribution >= 4 is 32.7 Å². The Hall–Kier alpha value is -3.58. The van der Waals surface area contributed by atoms with E-state index in [9.17, 15) is 30.0 Å². The maximum atomic E-state index is 12.9. The first-order chi connectivity index (χ1) is 15.8. The Kier molecular flexibility index (Phi) is 4.83. The summed E-state index contributed by atoms with van der Waals surface area (Å²) >= 11 is 0. The number of aliphatic hydroxyl groups excluding tert-OH is 3. The minimum Gasteiger partial charge on any atom is -0.504 e. The highest BCUT2D eigenvalue weighted by Gasteiger charge is 2.40. The fourth-order valence-corrected chi connectivity index (χ4v) is 4.04. The molecule has 2 aromatic heterocycles. The van der Waals surface area contributed by atoms with E-state index in [-0.39, 0.29) is 56.6 Å². The number of aliphatic hydroxyl groups is 3. The fraction of sp³-hybridized carbons (Fsp3) is 0.333. The third kappa shape index (κ3) is 2.99. The normalized spacial score (nSPS) is 23.4. The summed E-state index contributed by atoms with van der Waals surface area (Å²) < 4.78 is 32.2. The van der Waals surface area contributed by atoms with Crippen molar-refractivity contribution in [3.63, 3.8) is 0 Å². The maximum absolute atomic E-state index is 12.9. The highest BCUT2D eigenvalue weighted by Crippen LogP contribution is 2.46. The summed E-state index contributed by atoms with van der Waals surface area (Å²) in [5.41, 5.74) is -2.02. The van der Waals surface area contributed by atoms with Gasteiger partial charge >= 0.3 is 11.3 Å². The van der Waals surface area contributed by atoms with Crippen LogP contribution in [0.3, 0.4) is 0 Å². The van der Waals surface area contributed by atoms with Crippen LogP contribution in [0.5, 0.6) is 23.0 Å². The van der Waals surface area contributed by atoms with E-state index >= 15 is 0 Å². The standard InChI is InChI=1S/C21H18O12/c1-28-15-8(22)3-6-11-12-7(20(27)32-17(11)15)4-10(16(29-2)18(12)33-19(6)26)31-21-14(25)13(24)9(23)5-30-21/h3-4,9,13-14,21-25H,5H2,1-2H3/t9-,13-,14+,21+/m1/s1. The molecule has 4 N–H and O–H groups in total. The van der Waals surface area contributed by atoms with Gasteiger partial charge in [-0.3, -0.25) is 0 Å². The summed E-state index contributed by atoms with van der Waals surface area (Å²) in [5, 5.41) is 40.2. The Morgan fingerprint density at radius 2 is 1.45 bits per heavy atom. The third-order valence-corrected chi connectivity index (χ3v) is 5.60. The number of benzene rings is 2. The summed E-state index contributed by atoms with van der Waals surface area (Å²) in [6, 6.07) is 2.39. The lowest BCUT2D eigenvalue weighted by Crippen LogP contribution is -2.54. The van der Waals surface area contributed by atoms with Crippen LogP contribution in [0.1, 0.15) is 0 Å². The molecular formula is C21H18O12. The molecule has 1 fully saturated rings. The van der Waals surface area contributed by atoms with E-state index in [1.807, 2.05) is 0 Å². The zero-order valence-corrected chi connectivity index (χ0v) is 17.2. The molecule has 0 unspecified atom stereocenters. The molecule has 1 aliphatic heterocycles. The van der Waals surface area contributed by atoms with Gasteiger partial charge in [0.1, 0.15) is 18.3 Å². The molecule has 2 aromatic carbocycles. The second kappa shape index (κ2) is 7.49.